The largest absolute Gasteiger partial charge is 0.354 e. The summed E-state index contributed by atoms with van der Waals surface area (Å²) in [7, 11) is 2.08. The summed E-state index contributed by atoms with van der Waals surface area (Å²) >= 11 is 1.75. The van der Waals surface area contributed by atoms with Crippen molar-refractivity contribution in [3.63, 3.8) is 0 Å². The van der Waals surface area contributed by atoms with E-state index in [1.807, 2.05) is 24.5 Å². The van der Waals surface area contributed by atoms with E-state index >= 15 is 0 Å². The molecule has 1 aromatic carbocycles. The summed E-state index contributed by atoms with van der Waals surface area (Å²) in [5, 5.41) is 8.84. The lowest BCUT2D eigenvalue weighted by Crippen LogP contribution is -2.36. The van der Waals surface area contributed by atoms with Crippen molar-refractivity contribution >= 4 is 24.0 Å². The molecule has 1 aromatic rings. The average molecular weight is 463 g/mol. The van der Waals surface area contributed by atoms with Gasteiger partial charge < -0.3 is 15.5 Å². The van der Waals surface area contributed by atoms with E-state index in [0.29, 0.717) is 6.04 Å². The lowest BCUT2D eigenvalue weighted by Gasteiger charge is -2.30. The summed E-state index contributed by atoms with van der Waals surface area (Å²) in [5.74, 6) is 0.963. The van der Waals surface area contributed by atoms with Gasteiger partial charge in [-0.05, 0) is 75.0 Å². The monoisotopic (exact) mass is 462 g/mol. The van der Waals surface area contributed by atoms with Crippen LogP contribution in [0.25, 0.3) is 0 Å². The van der Waals surface area contributed by atoms with Crippen molar-refractivity contribution in [3.05, 3.63) is 81.0 Å². The Morgan fingerprint density at radius 1 is 1.27 bits per heavy atom. The van der Waals surface area contributed by atoms with E-state index in [4.69, 9.17) is 0 Å². The van der Waals surface area contributed by atoms with Crippen LogP contribution in [0.4, 0.5) is 0 Å². The van der Waals surface area contributed by atoms with E-state index < -0.39 is 0 Å². The normalized spacial score (nSPS) is 20.0. The minimum Gasteiger partial charge on any atom is -0.354 e. The van der Waals surface area contributed by atoms with Gasteiger partial charge in [0.05, 0.1) is 17.3 Å². The molecule has 2 aliphatic heterocycles. The molecule has 0 aromatic heterocycles. The van der Waals surface area contributed by atoms with Crippen LogP contribution in [0.5, 0.6) is 0 Å². The topological polar surface area (TPSA) is 56.7 Å². The predicted octanol–water partition coefficient (Wildman–Crippen LogP) is 5.50. The summed E-state index contributed by atoms with van der Waals surface area (Å²) in [6.07, 6.45) is 9.89. The Bertz CT molecular complexity index is 1050. The number of rotatable bonds is 10. The van der Waals surface area contributed by atoms with Gasteiger partial charge in [0.25, 0.3) is 5.91 Å². The lowest BCUT2D eigenvalue weighted by molar-refractivity contribution is 0.0950. The number of carbonyl (C=O) groups is 1. The van der Waals surface area contributed by atoms with Crippen molar-refractivity contribution in [3.8, 4) is 0 Å². The summed E-state index contributed by atoms with van der Waals surface area (Å²) in [6.45, 7) is 8.43. The molecule has 174 valence electrons. The van der Waals surface area contributed by atoms with Crippen molar-refractivity contribution in [2.45, 2.75) is 64.5 Å². The number of aliphatic imine (C=N–C) groups is 1. The Kier molecular flexibility index (Phi) is 7.43. The molecule has 2 heterocycles. The summed E-state index contributed by atoms with van der Waals surface area (Å²) < 4.78 is 0. The number of thioether (sulfide) groups is 1. The molecular formula is C27H34N4OS. The van der Waals surface area contributed by atoms with E-state index in [0.717, 1.165) is 61.2 Å². The molecule has 0 radical (unpaired) electrons. The molecule has 1 unspecified atom stereocenters. The van der Waals surface area contributed by atoms with Crippen molar-refractivity contribution in [2.75, 3.05) is 7.05 Å². The Balaban J connectivity index is 1.41. The predicted molar refractivity (Wildman–Crippen MR) is 139 cm³/mol. The van der Waals surface area contributed by atoms with Crippen molar-refractivity contribution in [1.29, 1.82) is 0 Å². The van der Waals surface area contributed by atoms with Crippen molar-refractivity contribution < 1.29 is 4.79 Å². The molecule has 0 saturated heterocycles. The molecule has 1 atom stereocenters. The lowest BCUT2D eigenvalue weighted by atomic mass is 9.96. The van der Waals surface area contributed by atoms with E-state index in [9.17, 15) is 4.79 Å². The van der Waals surface area contributed by atoms with Crippen LogP contribution < -0.4 is 10.6 Å². The number of aryl methyl sites for hydroxylation is 1. The third-order valence-corrected chi connectivity index (χ3v) is 7.50. The number of likely N-dealkylation sites (N-methyl/N-ethyl adjacent to an activating group) is 1. The van der Waals surface area contributed by atoms with Crippen LogP contribution in [-0.2, 0) is 6.42 Å². The van der Waals surface area contributed by atoms with Crippen molar-refractivity contribution in [1.82, 2.24) is 15.5 Å². The first-order valence-electron chi connectivity index (χ1n) is 11.8. The molecule has 0 spiro atoms. The fraction of sp³-hybridized carbons (Fsp3) is 0.407. The molecule has 5 nitrogen and oxygen atoms in total. The highest BCUT2D eigenvalue weighted by molar-refractivity contribution is 8.06. The van der Waals surface area contributed by atoms with Crippen LogP contribution in [0.3, 0.4) is 0 Å². The Labute approximate surface area is 201 Å². The molecule has 4 rings (SSSR count). The molecule has 2 N–H and O–H groups in total. The standard InChI is InChI=1S/C27H34N4OS/c1-5-18(2)10-11-19(3)29-26-25-24(31(4)17-28-26)21(16-33-25)13-12-20-8-6-7-9-23(20)27(32)30-22-14-15-22/h5-9,16-17,22,24,29H,3,10-15H2,1-2,4H3,(H,30,32)/b18-5-. The SMILES string of the molecule is C=C(CC/C(C)=C\C)NC1=C2SC=C(CCc3ccccc3C(=O)NC3CC3)C2N(C)C=N1. The summed E-state index contributed by atoms with van der Waals surface area (Å²) in [4.78, 5) is 20.7. The maximum absolute atomic E-state index is 12.7. The second-order valence-corrected chi connectivity index (χ2v) is 10.0. The fourth-order valence-electron chi connectivity index (χ4n) is 4.09. The van der Waals surface area contributed by atoms with Gasteiger partial charge in [-0.1, -0.05) is 48.2 Å². The molecule has 1 amide bonds. The van der Waals surface area contributed by atoms with E-state index in [2.05, 4.69) is 65.6 Å². The second kappa shape index (κ2) is 10.5. The van der Waals surface area contributed by atoms with Gasteiger partial charge in [-0.15, -0.1) is 0 Å². The zero-order valence-electron chi connectivity index (χ0n) is 19.9. The number of nitrogens with zero attached hydrogens (tertiary/aromatic N) is 2. The highest BCUT2D eigenvalue weighted by Gasteiger charge is 2.33. The minimum absolute atomic E-state index is 0.0588. The van der Waals surface area contributed by atoms with Gasteiger partial charge in [-0.25, -0.2) is 4.99 Å². The van der Waals surface area contributed by atoms with Crippen LogP contribution in [0.15, 0.2) is 74.9 Å². The van der Waals surface area contributed by atoms with Gasteiger partial charge in [0, 0.05) is 24.4 Å². The van der Waals surface area contributed by atoms with Crippen LogP contribution in [0.1, 0.15) is 61.9 Å². The Hall–Kier alpha value is -2.73. The van der Waals surface area contributed by atoms with Crippen LogP contribution in [0.2, 0.25) is 0 Å². The molecule has 3 aliphatic rings. The third kappa shape index (κ3) is 5.80. The number of hydrogen-bond donors (Lipinski definition) is 2. The molecule has 33 heavy (non-hydrogen) atoms. The number of hydrogen-bond acceptors (Lipinski definition) is 5. The Morgan fingerprint density at radius 2 is 2.06 bits per heavy atom. The Morgan fingerprint density at radius 3 is 2.82 bits per heavy atom. The van der Waals surface area contributed by atoms with E-state index in [-0.39, 0.29) is 11.9 Å². The third-order valence-electron chi connectivity index (χ3n) is 6.41. The number of allylic oxidation sites excluding steroid dienone is 3. The summed E-state index contributed by atoms with van der Waals surface area (Å²) in [6, 6.07) is 8.55. The highest BCUT2D eigenvalue weighted by Crippen LogP contribution is 2.42. The van der Waals surface area contributed by atoms with Gasteiger partial charge in [0.1, 0.15) is 5.82 Å². The molecule has 1 fully saturated rings. The minimum atomic E-state index is 0.0588. The molecule has 1 saturated carbocycles. The zero-order chi connectivity index (χ0) is 23.4. The van der Waals surface area contributed by atoms with Crippen molar-refractivity contribution in [2.24, 2.45) is 4.99 Å². The second-order valence-electron chi connectivity index (χ2n) is 9.10. The van der Waals surface area contributed by atoms with Gasteiger partial charge >= 0.3 is 0 Å². The zero-order valence-corrected chi connectivity index (χ0v) is 20.7. The molecular weight excluding hydrogens is 428 g/mol. The van der Waals surface area contributed by atoms with E-state index in [1.54, 1.807) is 11.8 Å². The molecule has 0 bridgehead atoms. The molecule has 6 heteroatoms. The van der Waals surface area contributed by atoms with E-state index in [1.165, 1.54) is 16.1 Å². The summed E-state index contributed by atoms with van der Waals surface area (Å²) in [5.41, 5.74) is 5.63. The van der Waals surface area contributed by atoms with Crippen LogP contribution >= 0.6 is 11.8 Å². The van der Waals surface area contributed by atoms with Gasteiger partial charge in [-0.3, -0.25) is 4.79 Å². The number of carbonyl (C=O) groups excluding carboxylic acids is 1. The van der Waals surface area contributed by atoms with Crippen LogP contribution in [-0.4, -0.2) is 36.3 Å². The smallest absolute Gasteiger partial charge is 0.251 e. The van der Waals surface area contributed by atoms with Gasteiger partial charge in [-0.2, -0.15) is 0 Å². The fourth-order valence-corrected chi connectivity index (χ4v) is 5.28. The first kappa shape index (κ1) is 23.4. The number of amides is 1. The van der Waals surface area contributed by atoms with Crippen LogP contribution in [0, 0.1) is 0 Å². The number of nitrogens with one attached hydrogen (secondary N) is 2. The number of fused-ring (bicyclic) bond motifs is 1. The highest BCUT2D eigenvalue weighted by atomic mass is 32.2. The maximum atomic E-state index is 12.7. The van der Waals surface area contributed by atoms with Gasteiger partial charge in [0.15, 0.2) is 0 Å². The maximum Gasteiger partial charge on any atom is 0.251 e. The quantitative estimate of drug-likeness (QED) is 0.451. The average Bonchev–Trinajstić information content (AvgIpc) is 3.53. The first-order chi connectivity index (χ1) is 16.0. The van der Waals surface area contributed by atoms with Gasteiger partial charge in [0.2, 0.25) is 0 Å². The molecule has 1 aliphatic carbocycles. The first-order valence-corrected chi connectivity index (χ1v) is 12.7. The number of benzene rings is 1.